The second-order valence-corrected chi connectivity index (χ2v) is 7.11. The first-order chi connectivity index (χ1) is 14.0. The van der Waals surface area contributed by atoms with Crippen LogP contribution in [0.2, 0.25) is 0 Å². The Labute approximate surface area is 167 Å². The molecule has 0 aliphatic heterocycles. The van der Waals surface area contributed by atoms with Gasteiger partial charge in [-0.1, -0.05) is 30.3 Å². The molecule has 3 heterocycles. The van der Waals surface area contributed by atoms with Crippen molar-refractivity contribution in [1.82, 2.24) is 24.5 Å². The van der Waals surface area contributed by atoms with E-state index in [0.717, 1.165) is 5.56 Å². The van der Waals surface area contributed by atoms with Gasteiger partial charge in [0.2, 0.25) is 0 Å². The van der Waals surface area contributed by atoms with Gasteiger partial charge in [0.1, 0.15) is 0 Å². The fourth-order valence-corrected chi connectivity index (χ4v) is 3.18. The van der Waals surface area contributed by atoms with E-state index < -0.39 is 5.97 Å². The van der Waals surface area contributed by atoms with E-state index in [4.69, 9.17) is 0 Å². The molecule has 0 spiro atoms. The molecule has 7 heteroatoms. The van der Waals surface area contributed by atoms with Crippen LogP contribution in [-0.4, -0.2) is 35.6 Å². The Bertz CT molecular complexity index is 1190. The van der Waals surface area contributed by atoms with Crippen LogP contribution < -0.4 is 0 Å². The van der Waals surface area contributed by atoms with Crippen LogP contribution in [0.25, 0.3) is 23.2 Å². The van der Waals surface area contributed by atoms with E-state index in [1.54, 1.807) is 29.2 Å². The van der Waals surface area contributed by atoms with Gasteiger partial charge in [0.05, 0.1) is 35.6 Å². The van der Waals surface area contributed by atoms with Gasteiger partial charge >= 0.3 is 5.97 Å². The number of hydrogen-bond acceptors (Lipinski definition) is 4. The van der Waals surface area contributed by atoms with Crippen molar-refractivity contribution < 1.29 is 9.90 Å². The minimum Gasteiger partial charge on any atom is -0.478 e. The zero-order valence-corrected chi connectivity index (χ0v) is 16.2. The first-order valence-electron chi connectivity index (χ1n) is 9.37. The maximum absolute atomic E-state index is 11.7. The third-order valence-corrected chi connectivity index (χ3v) is 4.59. The summed E-state index contributed by atoms with van der Waals surface area (Å²) in [6.07, 6.45) is 8.96. The van der Waals surface area contributed by atoms with Crippen LogP contribution in [0.5, 0.6) is 0 Å². The molecule has 0 bridgehead atoms. The number of carboxylic acid groups (broad SMARTS) is 1. The number of aromatic nitrogens is 5. The zero-order valence-electron chi connectivity index (χ0n) is 16.2. The summed E-state index contributed by atoms with van der Waals surface area (Å²) in [6, 6.07) is 11.8. The van der Waals surface area contributed by atoms with E-state index in [9.17, 15) is 9.90 Å². The summed E-state index contributed by atoms with van der Waals surface area (Å²) >= 11 is 0. The fraction of sp³-hybridized carbons (Fsp3) is 0.182. The highest BCUT2D eigenvalue weighted by Crippen LogP contribution is 2.22. The van der Waals surface area contributed by atoms with E-state index >= 15 is 0 Å². The largest absolute Gasteiger partial charge is 0.478 e. The molecule has 0 atom stereocenters. The molecule has 0 radical (unpaired) electrons. The zero-order chi connectivity index (χ0) is 20.4. The molecule has 4 aromatic rings. The Balaban J connectivity index is 1.63. The van der Waals surface area contributed by atoms with Crippen molar-refractivity contribution >= 4 is 29.2 Å². The Morgan fingerprint density at radius 2 is 1.93 bits per heavy atom. The molecule has 0 saturated heterocycles. The summed E-state index contributed by atoms with van der Waals surface area (Å²) in [5, 5.41) is 18.8. The first kappa shape index (κ1) is 18.6. The predicted octanol–water partition coefficient (Wildman–Crippen LogP) is 4.13. The van der Waals surface area contributed by atoms with Gasteiger partial charge in [0.25, 0.3) is 0 Å². The van der Waals surface area contributed by atoms with Gasteiger partial charge < -0.3 is 5.11 Å². The van der Waals surface area contributed by atoms with Gasteiger partial charge in [-0.2, -0.15) is 10.2 Å². The lowest BCUT2D eigenvalue weighted by Gasteiger charge is -2.07. The lowest BCUT2D eigenvalue weighted by atomic mass is 10.1. The molecule has 0 unspecified atom stereocenters. The van der Waals surface area contributed by atoms with Crippen LogP contribution in [0.1, 0.15) is 47.1 Å². The van der Waals surface area contributed by atoms with Crippen LogP contribution in [0.4, 0.5) is 0 Å². The average molecular weight is 387 g/mol. The topological polar surface area (TPSA) is 85.8 Å². The number of fused-ring (bicyclic) bond motifs is 1. The van der Waals surface area contributed by atoms with E-state index in [0.29, 0.717) is 23.3 Å². The summed E-state index contributed by atoms with van der Waals surface area (Å²) in [5.41, 5.74) is 3.41. The minimum atomic E-state index is -0.994. The fourth-order valence-electron chi connectivity index (χ4n) is 3.18. The van der Waals surface area contributed by atoms with Crippen molar-refractivity contribution in [2.45, 2.75) is 26.4 Å². The van der Waals surface area contributed by atoms with Gasteiger partial charge in [-0.3, -0.25) is 4.68 Å². The SMILES string of the molecule is CC(C)n1ncc2c(C(=O)O)cc(/C=C/c3cnn(Cc4ccccc4)c3)nc21. The average Bonchev–Trinajstić information content (AvgIpc) is 3.33. The number of nitrogens with zero attached hydrogens (tertiary/aromatic N) is 5. The number of hydrogen-bond donors (Lipinski definition) is 1. The van der Waals surface area contributed by atoms with Gasteiger partial charge in [-0.15, -0.1) is 0 Å². The molecule has 3 aromatic heterocycles. The number of aromatic carboxylic acids is 1. The van der Waals surface area contributed by atoms with Crippen molar-refractivity contribution in [3.63, 3.8) is 0 Å². The highest BCUT2D eigenvalue weighted by Gasteiger charge is 2.16. The van der Waals surface area contributed by atoms with E-state index in [1.165, 1.54) is 5.56 Å². The number of benzene rings is 1. The van der Waals surface area contributed by atoms with Crippen LogP contribution in [-0.2, 0) is 6.54 Å². The molecule has 29 heavy (non-hydrogen) atoms. The molecule has 0 fully saturated rings. The molecule has 1 aromatic carbocycles. The van der Waals surface area contributed by atoms with Crippen LogP contribution in [0, 0.1) is 0 Å². The van der Waals surface area contributed by atoms with Crippen LogP contribution in [0.3, 0.4) is 0 Å². The maximum atomic E-state index is 11.7. The van der Waals surface area contributed by atoms with Crippen LogP contribution in [0.15, 0.2) is 55.0 Å². The van der Waals surface area contributed by atoms with E-state index in [2.05, 4.69) is 27.3 Å². The molecular formula is C22H21N5O2. The third-order valence-electron chi connectivity index (χ3n) is 4.59. The maximum Gasteiger partial charge on any atom is 0.336 e. The van der Waals surface area contributed by atoms with Crippen molar-refractivity contribution in [2.75, 3.05) is 0 Å². The van der Waals surface area contributed by atoms with Gasteiger partial charge in [-0.25, -0.2) is 14.5 Å². The van der Waals surface area contributed by atoms with Gasteiger partial charge in [0.15, 0.2) is 5.65 Å². The summed E-state index contributed by atoms with van der Waals surface area (Å²) in [4.78, 5) is 16.3. The summed E-state index contributed by atoms with van der Waals surface area (Å²) in [6.45, 7) is 4.66. The quantitative estimate of drug-likeness (QED) is 0.538. The van der Waals surface area contributed by atoms with E-state index in [-0.39, 0.29) is 11.6 Å². The lowest BCUT2D eigenvalue weighted by molar-refractivity contribution is 0.0699. The standard InChI is InChI=1S/C22H21N5O2/c1-15(2)27-21-20(12-24-27)19(22(28)29)10-18(25-21)9-8-17-11-23-26(14-17)13-16-6-4-3-5-7-16/h3-12,14-15H,13H2,1-2H3,(H,28,29)/b9-8+. The molecule has 7 nitrogen and oxygen atoms in total. The minimum absolute atomic E-state index is 0.0806. The normalized spacial score (nSPS) is 11.7. The van der Waals surface area contributed by atoms with Gasteiger partial charge in [-0.05, 0) is 37.6 Å². The molecule has 0 saturated carbocycles. The summed E-state index contributed by atoms with van der Waals surface area (Å²) < 4.78 is 3.60. The van der Waals surface area contributed by atoms with Crippen molar-refractivity contribution in [3.05, 3.63) is 77.4 Å². The first-order valence-corrected chi connectivity index (χ1v) is 9.37. The third kappa shape index (κ3) is 3.94. The summed E-state index contributed by atoms with van der Waals surface area (Å²) in [7, 11) is 0. The molecule has 0 amide bonds. The number of pyridine rings is 1. The highest BCUT2D eigenvalue weighted by atomic mass is 16.4. The van der Waals surface area contributed by atoms with E-state index in [1.807, 2.05) is 49.0 Å². The van der Waals surface area contributed by atoms with Crippen LogP contribution >= 0.6 is 0 Å². The smallest absolute Gasteiger partial charge is 0.336 e. The lowest BCUT2D eigenvalue weighted by Crippen LogP contribution is -2.05. The molecule has 4 rings (SSSR count). The number of carbonyl (C=O) groups is 1. The second kappa shape index (κ2) is 7.71. The molecule has 0 aliphatic carbocycles. The molecule has 1 N–H and O–H groups in total. The monoisotopic (exact) mass is 387 g/mol. The highest BCUT2D eigenvalue weighted by molar-refractivity contribution is 6.02. The Hall–Kier alpha value is -3.74. The second-order valence-electron chi connectivity index (χ2n) is 7.11. The van der Waals surface area contributed by atoms with Crippen molar-refractivity contribution in [1.29, 1.82) is 0 Å². The van der Waals surface area contributed by atoms with Crippen molar-refractivity contribution in [3.8, 4) is 0 Å². The molecule has 146 valence electrons. The summed E-state index contributed by atoms with van der Waals surface area (Å²) in [5.74, 6) is -0.994. The number of rotatable bonds is 6. The van der Waals surface area contributed by atoms with Gasteiger partial charge in [0, 0.05) is 17.8 Å². The number of carboxylic acids is 1. The Morgan fingerprint density at radius 3 is 2.66 bits per heavy atom. The molecule has 0 aliphatic rings. The predicted molar refractivity (Wildman–Crippen MR) is 112 cm³/mol. The Morgan fingerprint density at radius 1 is 1.14 bits per heavy atom. The van der Waals surface area contributed by atoms with Crippen molar-refractivity contribution in [2.24, 2.45) is 0 Å². The molecular weight excluding hydrogens is 366 g/mol. The Kier molecular flexibility index (Phi) is 4.95.